The SMILES string of the molecule is Cc1cc(/C=C(/C#N)c2ccc(Cl)cc2Cl)c(C)n1-c1ccccc1. The van der Waals surface area contributed by atoms with Gasteiger partial charge < -0.3 is 4.57 Å². The fraction of sp³-hybridized carbons (Fsp3) is 0.0952. The number of para-hydroxylation sites is 1. The second-order valence-corrected chi connectivity index (χ2v) is 6.64. The van der Waals surface area contributed by atoms with Crippen molar-refractivity contribution in [2.45, 2.75) is 13.8 Å². The number of aryl methyl sites for hydroxylation is 1. The van der Waals surface area contributed by atoms with Gasteiger partial charge in [-0.3, -0.25) is 0 Å². The van der Waals surface area contributed by atoms with E-state index in [1.807, 2.05) is 31.2 Å². The number of hydrogen-bond donors (Lipinski definition) is 0. The van der Waals surface area contributed by atoms with Gasteiger partial charge in [0.05, 0.1) is 16.7 Å². The van der Waals surface area contributed by atoms with Crippen LogP contribution in [0.3, 0.4) is 0 Å². The summed E-state index contributed by atoms with van der Waals surface area (Å²) in [5.41, 5.74) is 5.45. The average Bonchev–Trinajstić information content (AvgIpc) is 2.87. The summed E-state index contributed by atoms with van der Waals surface area (Å²) in [4.78, 5) is 0. The lowest BCUT2D eigenvalue weighted by Gasteiger charge is -2.09. The Morgan fingerprint density at radius 1 is 1.04 bits per heavy atom. The summed E-state index contributed by atoms with van der Waals surface area (Å²) < 4.78 is 2.17. The minimum Gasteiger partial charge on any atom is -0.318 e. The van der Waals surface area contributed by atoms with Crippen molar-refractivity contribution < 1.29 is 0 Å². The smallest absolute Gasteiger partial charge is 0.0998 e. The second-order valence-electron chi connectivity index (χ2n) is 5.79. The Labute approximate surface area is 157 Å². The highest BCUT2D eigenvalue weighted by Gasteiger charge is 2.12. The van der Waals surface area contributed by atoms with Gasteiger partial charge in [0.15, 0.2) is 0 Å². The zero-order valence-electron chi connectivity index (χ0n) is 13.9. The summed E-state index contributed by atoms with van der Waals surface area (Å²) in [6.45, 7) is 4.10. The molecule has 0 fully saturated rings. The van der Waals surface area contributed by atoms with E-state index in [-0.39, 0.29) is 0 Å². The first-order valence-electron chi connectivity index (χ1n) is 7.83. The van der Waals surface area contributed by atoms with Gasteiger partial charge in [0, 0.05) is 27.7 Å². The number of benzene rings is 2. The second kappa shape index (κ2) is 7.19. The molecule has 3 rings (SSSR count). The number of aromatic nitrogens is 1. The molecule has 0 bridgehead atoms. The van der Waals surface area contributed by atoms with Crippen LogP contribution < -0.4 is 0 Å². The van der Waals surface area contributed by atoms with Gasteiger partial charge in [-0.25, -0.2) is 0 Å². The molecule has 1 heterocycles. The van der Waals surface area contributed by atoms with Crippen LogP contribution in [0.25, 0.3) is 17.3 Å². The highest BCUT2D eigenvalue weighted by Crippen LogP contribution is 2.30. The van der Waals surface area contributed by atoms with E-state index in [0.717, 1.165) is 22.6 Å². The summed E-state index contributed by atoms with van der Waals surface area (Å²) >= 11 is 12.2. The number of halogens is 2. The van der Waals surface area contributed by atoms with Crippen molar-refractivity contribution >= 4 is 34.9 Å². The van der Waals surface area contributed by atoms with Gasteiger partial charge >= 0.3 is 0 Å². The molecule has 2 aromatic carbocycles. The Hall–Kier alpha value is -2.47. The van der Waals surface area contributed by atoms with E-state index in [4.69, 9.17) is 23.2 Å². The highest BCUT2D eigenvalue weighted by molar-refractivity contribution is 6.36. The molecule has 1 aromatic heterocycles. The van der Waals surface area contributed by atoms with Crippen molar-refractivity contribution in [2.24, 2.45) is 0 Å². The van der Waals surface area contributed by atoms with E-state index in [2.05, 4.69) is 35.8 Å². The summed E-state index contributed by atoms with van der Waals surface area (Å²) in [6, 6.07) is 19.6. The number of hydrogen-bond acceptors (Lipinski definition) is 1. The van der Waals surface area contributed by atoms with Crippen molar-refractivity contribution in [3.8, 4) is 11.8 Å². The molecule has 0 unspecified atom stereocenters. The highest BCUT2D eigenvalue weighted by atomic mass is 35.5. The van der Waals surface area contributed by atoms with Gasteiger partial charge in [-0.1, -0.05) is 47.5 Å². The molecule has 0 N–H and O–H groups in total. The molecule has 25 heavy (non-hydrogen) atoms. The van der Waals surface area contributed by atoms with Gasteiger partial charge in [0.25, 0.3) is 0 Å². The Bertz CT molecular complexity index is 993. The first-order chi connectivity index (χ1) is 12.0. The van der Waals surface area contributed by atoms with Crippen molar-refractivity contribution in [1.29, 1.82) is 5.26 Å². The van der Waals surface area contributed by atoms with Crippen molar-refractivity contribution in [1.82, 2.24) is 4.57 Å². The molecule has 0 saturated heterocycles. The molecule has 0 amide bonds. The summed E-state index contributed by atoms with van der Waals surface area (Å²) in [7, 11) is 0. The van der Waals surface area contributed by atoms with Crippen molar-refractivity contribution in [3.05, 3.63) is 87.2 Å². The molecule has 3 aromatic rings. The maximum atomic E-state index is 9.60. The van der Waals surface area contributed by atoms with E-state index < -0.39 is 0 Å². The maximum Gasteiger partial charge on any atom is 0.0998 e. The Kier molecular flexibility index (Phi) is 4.99. The molecule has 0 saturated carbocycles. The van der Waals surface area contributed by atoms with Gasteiger partial charge in [-0.15, -0.1) is 0 Å². The van der Waals surface area contributed by atoms with Crippen LogP contribution in [0.5, 0.6) is 0 Å². The third-order valence-corrected chi connectivity index (χ3v) is 4.67. The minimum absolute atomic E-state index is 0.470. The average molecular weight is 367 g/mol. The normalized spacial score (nSPS) is 11.4. The Balaban J connectivity index is 2.11. The van der Waals surface area contributed by atoms with E-state index in [1.165, 1.54) is 0 Å². The summed E-state index contributed by atoms with van der Waals surface area (Å²) in [5, 5.41) is 10.6. The first-order valence-corrected chi connectivity index (χ1v) is 8.58. The zero-order chi connectivity index (χ0) is 18.0. The van der Waals surface area contributed by atoms with Crippen molar-refractivity contribution in [3.63, 3.8) is 0 Å². The van der Waals surface area contributed by atoms with E-state index in [9.17, 15) is 5.26 Å². The van der Waals surface area contributed by atoms with Crippen LogP contribution in [0.2, 0.25) is 10.0 Å². The standard InChI is InChI=1S/C21H16Cl2N2/c1-14-10-16(15(2)25(14)19-6-4-3-5-7-19)11-17(13-24)20-9-8-18(22)12-21(20)23/h3-12H,1-2H3/b17-11-. The van der Waals surface area contributed by atoms with E-state index >= 15 is 0 Å². The molecule has 0 aliphatic carbocycles. The van der Waals surface area contributed by atoms with E-state index in [0.29, 0.717) is 21.2 Å². The first kappa shape index (κ1) is 17.4. The van der Waals surface area contributed by atoms with Gasteiger partial charge in [0.2, 0.25) is 0 Å². The van der Waals surface area contributed by atoms with Gasteiger partial charge in [0.1, 0.15) is 0 Å². The fourth-order valence-corrected chi connectivity index (χ4v) is 3.45. The van der Waals surface area contributed by atoms with Crippen LogP contribution >= 0.6 is 23.2 Å². The molecule has 0 aliphatic heterocycles. The fourth-order valence-electron chi connectivity index (χ4n) is 2.94. The largest absolute Gasteiger partial charge is 0.318 e. The number of allylic oxidation sites excluding steroid dienone is 1. The number of nitriles is 1. The Morgan fingerprint density at radius 3 is 2.40 bits per heavy atom. The molecular weight excluding hydrogens is 351 g/mol. The van der Waals surface area contributed by atoms with Gasteiger partial charge in [-0.05, 0) is 55.8 Å². The lowest BCUT2D eigenvalue weighted by atomic mass is 10.0. The number of nitrogens with zero attached hydrogens (tertiary/aromatic N) is 2. The molecule has 124 valence electrons. The molecular formula is C21H16Cl2N2. The quantitative estimate of drug-likeness (QED) is 0.488. The van der Waals surface area contributed by atoms with Crippen LogP contribution in [-0.2, 0) is 0 Å². The topological polar surface area (TPSA) is 28.7 Å². The van der Waals surface area contributed by atoms with Crippen LogP contribution in [0.4, 0.5) is 0 Å². The molecule has 0 spiro atoms. The van der Waals surface area contributed by atoms with Crippen LogP contribution in [-0.4, -0.2) is 4.57 Å². The van der Waals surface area contributed by atoms with E-state index in [1.54, 1.807) is 18.2 Å². The minimum atomic E-state index is 0.470. The predicted octanol–water partition coefficient (Wildman–Crippen LogP) is 6.47. The lowest BCUT2D eigenvalue weighted by molar-refractivity contribution is 0.964. The predicted molar refractivity (Wildman–Crippen MR) is 105 cm³/mol. The lowest BCUT2D eigenvalue weighted by Crippen LogP contribution is -1.98. The van der Waals surface area contributed by atoms with Crippen LogP contribution in [0, 0.1) is 25.2 Å². The summed E-state index contributed by atoms with van der Waals surface area (Å²) in [5.74, 6) is 0. The van der Waals surface area contributed by atoms with Crippen LogP contribution in [0.15, 0.2) is 54.6 Å². The van der Waals surface area contributed by atoms with Crippen molar-refractivity contribution in [2.75, 3.05) is 0 Å². The summed E-state index contributed by atoms with van der Waals surface area (Å²) in [6.07, 6.45) is 1.87. The molecule has 0 atom stereocenters. The van der Waals surface area contributed by atoms with Crippen LogP contribution in [0.1, 0.15) is 22.5 Å². The zero-order valence-corrected chi connectivity index (χ0v) is 15.4. The van der Waals surface area contributed by atoms with Gasteiger partial charge in [-0.2, -0.15) is 5.26 Å². The maximum absolute atomic E-state index is 9.60. The third-order valence-electron chi connectivity index (χ3n) is 4.13. The number of rotatable bonds is 3. The molecule has 2 nitrogen and oxygen atoms in total. The Morgan fingerprint density at radius 2 is 1.76 bits per heavy atom. The molecule has 0 aliphatic rings. The molecule has 4 heteroatoms. The molecule has 0 radical (unpaired) electrons. The monoisotopic (exact) mass is 366 g/mol. The third kappa shape index (κ3) is 3.49.